The summed E-state index contributed by atoms with van der Waals surface area (Å²) in [7, 11) is 0. The summed E-state index contributed by atoms with van der Waals surface area (Å²) in [6, 6.07) is 0. The molecule has 0 radical (unpaired) electrons. The second kappa shape index (κ2) is 2.23. The van der Waals surface area contributed by atoms with Gasteiger partial charge in [0.05, 0.1) is 0 Å². The molecular weight excluding hydrogens is 138 g/mol. The molecule has 2 nitrogen and oxygen atoms in total. The molecule has 62 valence electrons. The normalized spacial score (nSPS) is 48.1. The highest BCUT2D eigenvalue weighted by Crippen LogP contribution is 2.51. The standard InChI is InChI=1S/C9H15NO/c1-5-2-8(9(10)11)7-3-6(5)4-7/h5-8H,2-4H2,1H3,(H2,10,11). The van der Waals surface area contributed by atoms with Crippen molar-refractivity contribution in [2.75, 3.05) is 0 Å². The fraction of sp³-hybridized carbons (Fsp3) is 0.889. The summed E-state index contributed by atoms with van der Waals surface area (Å²) in [4.78, 5) is 11.0. The van der Waals surface area contributed by atoms with Crippen molar-refractivity contribution in [2.24, 2.45) is 29.4 Å². The Balaban J connectivity index is 2.06. The van der Waals surface area contributed by atoms with E-state index in [1.807, 2.05) is 0 Å². The molecule has 11 heavy (non-hydrogen) atoms. The monoisotopic (exact) mass is 153 g/mol. The maximum Gasteiger partial charge on any atom is 0.220 e. The molecule has 1 amide bonds. The Bertz CT molecular complexity index is 184. The molecule has 3 fully saturated rings. The van der Waals surface area contributed by atoms with Crippen molar-refractivity contribution < 1.29 is 4.79 Å². The van der Waals surface area contributed by atoms with Gasteiger partial charge < -0.3 is 5.73 Å². The first kappa shape index (κ1) is 7.14. The minimum absolute atomic E-state index is 0.0694. The molecule has 2 atom stereocenters. The van der Waals surface area contributed by atoms with Crippen molar-refractivity contribution in [2.45, 2.75) is 26.2 Å². The Morgan fingerprint density at radius 2 is 1.91 bits per heavy atom. The molecule has 0 aliphatic heterocycles. The molecule has 0 aromatic heterocycles. The highest BCUT2D eigenvalue weighted by molar-refractivity contribution is 5.77. The second-order valence-electron chi connectivity index (χ2n) is 4.21. The van der Waals surface area contributed by atoms with E-state index < -0.39 is 0 Å². The Hall–Kier alpha value is -0.530. The zero-order chi connectivity index (χ0) is 8.01. The largest absolute Gasteiger partial charge is 0.369 e. The number of hydrogen-bond acceptors (Lipinski definition) is 1. The third-order valence-electron chi connectivity index (χ3n) is 3.58. The molecule has 2 N–H and O–H groups in total. The van der Waals surface area contributed by atoms with Crippen LogP contribution in [0.1, 0.15) is 26.2 Å². The molecule has 2 bridgehead atoms. The summed E-state index contributed by atoms with van der Waals surface area (Å²) in [6.07, 6.45) is 3.56. The van der Waals surface area contributed by atoms with Crippen LogP contribution in [-0.2, 0) is 4.79 Å². The highest BCUT2D eigenvalue weighted by atomic mass is 16.1. The SMILES string of the molecule is CC1CC(C(N)=O)C2CC1C2. The van der Waals surface area contributed by atoms with Crippen LogP contribution in [0.15, 0.2) is 0 Å². The first-order valence-corrected chi connectivity index (χ1v) is 4.47. The van der Waals surface area contributed by atoms with Crippen molar-refractivity contribution >= 4 is 5.91 Å². The molecule has 3 saturated carbocycles. The number of primary amides is 1. The third-order valence-corrected chi connectivity index (χ3v) is 3.58. The molecule has 3 rings (SSSR count). The zero-order valence-electron chi connectivity index (χ0n) is 6.92. The van der Waals surface area contributed by atoms with E-state index in [1.165, 1.54) is 12.8 Å². The van der Waals surface area contributed by atoms with Gasteiger partial charge in [-0.1, -0.05) is 6.92 Å². The van der Waals surface area contributed by atoms with Crippen LogP contribution >= 0.6 is 0 Å². The summed E-state index contributed by atoms with van der Waals surface area (Å²) < 4.78 is 0. The average molecular weight is 153 g/mol. The van der Waals surface area contributed by atoms with Crippen LogP contribution in [0.5, 0.6) is 0 Å². The van der Waals surface area contributed by atoms with Crippen LogP contribution in [0.3, 0.4) is 0 Å². The minimum Gasteiger partial charge on any atom is -0.369 e. The average Bonchev–Trinajstić information content (AvgIpc) is 1.83. The maximum absolute atomic E-state index is 11.0. The Kier molecular flexibility index (Phi) is 1.44. The van der Waals surface area contributed by atoms with E-state index >= 15 is 0 Å². The summed E-state index contributed by atoms with van der Waals surface area (Å²) in [5.74, 6) is 2.43. The molecule has 2 unspecified atom stereocenters. The van der Waals surface area contributed by atoms with Crippen molar-refractivity contribution in [1.29, 1.82) is 0 Å². The molecule has 0 saturated heterocycles. The van der Waals surface area contributed by atoms with E-state index in [4.69, 9.17) is 5.73 Å². The van der Waals surface area contributed by atoms with Crippen LogP contribution in [0.4, 0.5) is 0 Å². The van der Waals surface area contributed by atoms with Gasteiger partial charge >= 0.3 is 0 Å². The Labute approximate surface area is 67.1 Å². The topological polar surface area (TPSA) is 43.1 Å². The van der Waals surface area contributed by atoms with Crippen LogP contribution < -0.4 is 5.73 Å². The van der Waals surface area contributed by atoms with Gasteiger partial charge in [0.25, 0.3) is 0 Å². The van der Waals surface area contributed by atoms with E-state index in [1.54, 1.807) is 0 Å². The van der Waals surface area contributed by atoms with Gasteiger partial charge in [-0.05, 0) is 37.0 Å². The Morgan fingerprint density at radius 1 is 1.27 bits per heavy atom. The summed E-state index contributed by atoms with van der Waals surface area (Å²) >= 11 is 0. The lowest BCUT2D eigenvalue weighted by Crippen LogP contribution is -2.46. The first-order chi connectivity index (χ1) is 5.18. The molecule has 3 aliphatic carbocycles. The van der Waals surface area contributed by atoms with E-state index in [0.29, 0.717) is 5.92 Å². The predicted octanol–water partition coefficient (Wildman–Crippen LogP) is 1.15. The van der Waals surface area contributed by atoms with Gasteiger partial charge in [-0.15, -0.1) is 0 Å². The van der Waals surface area contributed by atoms with Gasteiger partial charge in [-0.2, -0.15) is 0 Å². The number of amides is 1. The fourth-order valence-corrected chi connectivity index (χ4v) is 2.64. The van der Waals surface area contributed by atoms with E-state index in [2.05, 4.69) is 6.92 Å². The van der Waals surface area contributed by atoms with Crippen LogP contribution in [-0.4, -0.2) is 5.91 Å². The van der Waals surface area contributed by atoms with Gasteiger partial charge in [0.15, 0.2) is 0 Å². The van der Waals surface area contributed by atoms with Gasteiger partial charge in [0, 0.05) is 5.92 Å². The second-order valence-corrected chi connectivity index (χ2v) is 4.21. The fourth-order valence-electron chi connectivity index (χ4n) is 2.64. The molecule has 0 aromatic rings. The lowest BCUT2D eigenvalue weighted by molar-refractivity contribution is -0.130. The molecule has 2 heteroatoms. The predicted molar refractivity (Wildman–Crippen MR) is 42.7 cm³/mol. The lowest BCUT2D eigenvalue weighted by atomic mass is 9.56. The number of carbonyl (C=O) groups excluding carboxylic acids is 1. The Morgan fingerprint density at radius 3 is 2.27 bits per heavy atom. The summed E-state index contributed by atoms with van der Waals surface area (Å²) in [5.41, 5.74) is 5.31. The molecule has 3 aliphatic rings. The van der Waals surface area contributed by atoms with Gasteiger partial charge in [-0.3, -0.25) is 4.79 Å². The third kappa shape index (κ3) is 0.959. The van der Waals surface area contributed by atoms with Crippen molar-refractivity contribution in [1.82, 2.24) is 0 Å². The van der Waals surface area contributed by atoms with Gasteiger partial charge in [-0.25, -0.2) is 0 Å². The van der Waals surface area contributed by atoms with Crippen LogP contribution in [0.2, 0.25) is 0 Å². The van der Waals surface area contributed by atoms with Crippen LogP contribution in [0.25, 0.3) is 0 Å². The number of hydrogen-bond donors (Lipinski definition) is 1. The van der Waals surface area contributed by atoms with E-state index in [0.717, 1.165) is 18.3 Å². The summed E-state index contributed by atoms with van der Waals surface area (Å²) in [5, 5.41) is 0. The number of rotatable bonds is 1. The van der Waals surface area contributed by atoms with Crippen molar-refractivity contribution in [3.05, 3.63) is 0 Å². The lowest BCUT2D eigenvalue weighted by Gasteiger charge is -2.49. The highest BCUT2D eigenvalue weighted by Gasteiger charge is 2.45. The number of fused-ring (bicyclic) bond motifs is 2. The van der Waals surface area contributed by atoms with Crippen molar-refractivity contribution in [3.8, 4) is 0 Å². The molecule has 0 spiro atoms. The maximum atomic E-state index is 11.0. The van der Waals surface area contributed by atoms with Gasteiger partial charge in [0.2, 0.25) is 5.91 Å². The van der Waals surface area contributed by atoms with Crippen LogP contribution in [0, 0.1) is 23.7 Å². The molecule has 0 aromatic carbocycles. The van der Waals surface area contributed by atoms with E-state index in [9.17, 15) is 4.79 Å². The van der Waals surface area contributed by atoms with E-state index in [-0.39, 0.29) is 11.8 Å². The molecular formula is C9H15NO. The number of carbonyl (C=O) groups is 1. The smallest absolute Gasteiger partial charge is 0.220 e. The summed E-state index contributed by atoms with van der Waals surface area (Å²) in [6.45, 7) is 2.25. The zero-order valence-corrected chi connectivity index (χ0v) is 6.92. The minimum atomic E-state index is -0.0694. The number of nitrogens with two attached hydrogens (primary N) is 1. The molecule has 0 heterocycles. The quantitative estimate of drug-likeness (QED) is 0.603. The first-order valence-electron chi connectivity index (χ1n) is 4.47. The van der Waals surface area contributed by atoms with Gasteiger partial charge in [0.1, 0.15) is 0 Å². The van der Waals surface area contributed by atoms with Crippen molar-refractivity contribution in [3.63, 3.8) is 0 Å².